The van der Waals surface area contributed by atoms with Gasteiger partial charge in [-0.2, -0.15) is 5.10 Å². The first kappa shape index (κ1) is 16.1. The minimum atomic E-state index is -3.19. The molecule has 1 aliphatic carbocycles. The summed E-state index contributed by atoms with van der Waals surface area (Å²) in [4.78, 5) is 27.8. The second-order valence-corrected chi connectivity index (χ2v) is 7.25. The van der Waals surface area contributed by atoms with Gasteiger partial charge in [-0.15, -0.1) is 0 Å². The number of ether oxygens (including phenoxy) is 2. The van der Waals surface area contributed by atoms with Crippen molar-refractivity contribution in [2.24, 2.45) is 0 Å². The molecule has 4 aliphatic rings. The summed E-state index contributed by atoms with van der Waals surface area (Å²) in [6.07, 6.45) is 1.21. The third-order valence-electron chi connectivity index (χ3n) is 5.86. The number of halogens is 2. The molecule has 10 heteroatoms. The molecule has 1 aromatic heterocycles. The molecule has 1 spiro atoms. The van der Waals surface area contributed by atoms with Crippen LogP contribution in [-0.4, -0.2) is 62.9 Å². The Bertz CT molecular complexity index is 776. The van der Waals surface area contributed by atoms with Gasteiger partial charge in [-0.25, -0.2) is 13.6 Å². The van der Waals surface area contributed by atoms with Crippen molar-refractivity contribution in [3.8, 4) is 0 Å². The molecule has 1 aromatic rings. The third kappa shape index (κ3) is 2.08. The fourth-order valence-electron chi connectivity index (χ4n) is 4.53. The van der Waals surface area contributed by atoms with Gasteiger partial charge in [0.2, 0.25) is 0 Å². The quantitative estimate of drug-likeness (QED) is 0.760. The maximum atomic E-state index is 14.9. The lowest BCUT2D eigenvalue weighted by atomic mass is 10.0. The van der Waals surface area contributed by atoms with Crippen LogP contribution < -0.4 is 0 Å². The largest absolute Gasteiger partial charge is 0.348 e. The van der Waals surface area contributed by atoms with E-state index in [0.29, 0.717) is 24.5 Å². The molecule has 1 N–H and O–H groups in total. The molecule has 3 fully saturated rings. The molecule has 140 valence electrons. The number of carbonyl (C=O) groups is 2. The standard InChI is InChI=1S/C16H18F2N4O4/c17-16(18)4-3-15(25-5-6-26-15)2-1-11(16)22-13(23)12-9-7-19-20-10(9)8-21(12)14(22)24/h7,11-12H,1-6,8H2,(H,19,20). The van der Waals surface area contributed by atoms with Crippen molar-refractivity contribution < 1.29 is 27.8 Å². The minimum absolute atomic E-state index is 0.0474. The fourth-order valence-corrected chi connectivity index (χ4v) is 4.53. The molecule has 3 amide bonds. The lowest BCUT2D eigenvalue weighted by molar-refractivity contribution is -0.168. The summed E-state index contributed by atoms with van der Waals surface area (Å²) in [7, 11) is 0. The Hall–Kier alpha value is -2.07. The Morgan fingerprint density at radius 1 is 1.19 bits per heavy atom. The van der Waals surface area contributed by atoms with Gasteiger partial charge in [0.25, 0.3) is 11.8 Å². The Morgan fingerprint density at radius 3 is 2.73 bits per heavy atom. The van der Waals surface area contributed by atoms with Crippen molar-refractivity contribution in [1.82, 2.24) is 20.0 Å². The number of hydrogen-bond donors (Lipinski definition) is 1. The summed E-state index contributed by atoms with van der Waals surface area (Å²) in [6.45, 7) is 0.920. The van der Waals surface area contributed by atoms with Crippen molar-refractivity contribution >= 4 is 11.9 Å². The van der Waals surface area contributed by atoms with Gasteiger partial charge in [0, 0.05) is 24.8 Å². The van der Waals surface area contributed by atoms with E-state index in [1.807, 2.05) is 0 Å². The number of nitrogens with one attached hydrogen (secondary N) is 1. The van der Waals surface area contributed by atoms with Crippen LogP contribution in [0.5, 0.6) is 0 Å². The lowest BCUT2D eigenvalue weighted by Gasteiger charge is -2.31. The van der Waals surface area contributed by atoms with Crippen LogP contribution >= 0.6 is 0 Å². The molecule has 0 bridgehead atoms. The normalized spacial score (nSPS) is 32.2. The van der Waals surface area contributed by atoms with Gasteiger partial charge in [-0.05, 0) is 6.42 Å². The summed E-state index contributed by atoms with van der Waals surface area (Å²) in [5.74, 6) is -4.81. The Labute approximate surface area is 147 Å². The molecule has 2 unspecified atom stereocenters. The van der Waals surface area contributed by atoms with Crippen LogP contribution in [0.15, 0.2) is 6.20 Å². The molecule has 3 aliphatic heterocycles. The maximum absolute atomic E-state index is 14.9. The first-order chi connectivity index (χ1) is 12.4. The predicted octanol–water partition coefficient (Wildman–Crippen LogP) is 1.55. The van der Waals surface area contributed by atoms with Crippen molar-refractivity contribution in [3.63, 3.8) is 0 Å². The summed E-state index contributed by atoms with van der Waals surface area (Å²) < 4.78 is 40.9. The highest BCUT2D eigenvalue weighted by atomic mass is 19.3. The molecule has 0 radical (unpaired) electrons. The number of aromatic nitrogens is 2. The van der Waals surface area contributed by atoms with Crippen LogP contribution in [0.2, 0.25) is 0 Å². The monoisotopic (exact) mass is 368 g/mol. The summed E-state index contributed by atoms with van der Waals surface area (Å²) in [5, 5.41) is 6.62. The number of rotatable bonds is 1. The number of H-pyrrole nitrogens is 1. The van der Waals surface area contributed by atoms with Crippen LogP contribution in [-0.2, 0) is 20.8 Å². The van der Waals surface area contributed by atoms with E-state index in [1.165, 1.54) is 11.1 Å². The fraction of sp³-hybridized carbons (Fsp3) is 0.688. The molecule has 2 saturated heterocycles. The van der Waals surface area contributed by atoms with Gasteiger partial charge in [0.15, 0.2) is 5.79 Å². The first-order valence-electron chi connectivity index (χ1n) is 8.73. The van der Waals surface area contributed by atoms with E-state index in [4.69, 9.17) is 9.47 Å². The molecule has 8 nitrogen and oxygen atoms in total. The number of amides is 3. The van der Waals surface area contributed by atoms with Crippen molar-refractivity contribution in [3.05, 3.63) is 17.5 Å². The zero-order valence-corrected chi connectivity index (χ0v) is 13.9. The number of fused-ring (bicyclic) bond motifs is 3. The van der Waals surface area contributed by atoms with E-state index < -0.39 is 42.2 Å². The molecule has 5 rings (SSSR count). The Balaban J connectivity index is 1.45. The average Bonchev–Trinajstić information content (AvgIpc) is 3.32. The highest BCUT2D eigenvalue weighted by Crippen LogP contribution is 2.47. The number of imide groups is 1. The molecule has 0 aromatic carbocycles. The second-order valence-electron chi connectivity index (χ2n) is 7.25. The minimum Gasteiger partial charge on any atom is -0.348 e. The van der Waals surface area contributed by atoms with E-state index in [9.17, 15) is 18.4 Å². The molecule has 26 heavy (non-hydrogen) atoms. The molecular formula is C16H18F2N4O4. The predicted molar refractivity (Wildman–Crippen MR) is 81.0 cm³/mol. The number of carbonyl (C=O) groups excluding carboxylic acids is 2. The number of alkyl halides is 2. The van der Waals surface area contributed by atoms with Crippen molar-refractivity contribution in [1.29, 1.82) is 0 Å². The summed E-state index contributed by atoms with van der Waals surface area (Å²) in [6, 6.07) is -3.02. The van der Waals surface area contributed by atoms with E-state index >= 15 is 0 Å². The molecule has 1 saturated carbocycles. The zero-order chi connectivity index (χ0) is 18.1. The molecular weight excluding hydrogens is 350 g/mol. The van der Waals surface area contributed by atoms with Crippen molar-refractivity contribution in [2.75, 3.05) is 13.2 Å². The van der Waals surface area contributed by atoms with Crippen LogP contribution in [0.3, 0.4) is 0 Å². The van der Waals surface area contributed by atoms with E-state index in [2.05, 4.69) is 10.2 Å². The van der Waals surface area contributed by atoms with Gasteiger partial charge >= 0.3 is 6.03 Å². The first-order valence-corrected chi connectivity index (χ1v) is 8.73. The number of aromatic amines is 1. The number of nitrogens with zero attached hydrogens (tertiary/aromatic N) is 3. The highest BCUT2D eigenvalue weighted by molar-refractivity contribution is 6.05. The maximum Gasteiger partial charge on any atom is 0.328 e. The average molecular weight is 368 g/mol. The summed E-state index contributed by atoms with van der Waals surface area (Å²) in [5.41, 5.74) is 1.26. The highest BCUT2D eigenvalue weighted by Gasteiger charge is 2.59. The van der Waals surface area contributed by atoms with Crippen LogP contribution in [0.1, 0.15) is 43.0 Å². The zero-order valence-electron chi connectivity index (χ0n) is 13.9. The molecule has 4 heterocycles. The molecule has 2 atom stereocenters. The van der Waals surface area contributed by atoms with E-state index in [1.54, 1.807) is 0 Å². The third-order valence-corrected chi connectivity index (χ3v) is 5.86. The van der Waals surface area contributed by atoms with Gasteiger partial charge in [0.05, 0.1) is 31.6 Å². The van der Waals surface area contributed by atoms with Gasteiger partial charge < -0.3 is 14.4 Å². The Morgan fingerprint density at radius 2 is 1.96 bits per heavy atom. The van der Waals surface area contributed by atoms with Crippen LogP contribution in [0, 0.1) is 0 Å². The van der Waals surface area contributed by atoms with Gasteiger partial charge in [-0.3, -0.25) is 14.8 Å². The second kappa shape index (κ2) is 5.23. The SMILES string of the molecule is O=C1C2c3cn[nH]c3CN2C(=O)N1C1CCC2(CCC1(F)F)OCCO2. The van der Waals surface area contributed by atoms with Crippen molar-refractivity contribution in [2.45, 2.75) is 56.0 Å². The smallest absolute Gasteiger partial charge is 0.328 e. The summed E-state index contributed by atoms with van der Waals surface area (Å²) >= 11 is 0. The van der Waals surface area contributed by atoms with E-state index in [0.717, 1.165) is 4.90 Å². The van der Waals surface area contributed by atoms with E-state index in [-0.39, 0.29) is 25.8 Å². The topological polar surface area (TPSA) is 87.8 Å². The lowest BCUT2D eigenvalue weighted by Crippen LogP contribution is -2.50. The van der Waals surface area contributed by atoms with Crippen LogP contribution in [0.4, 0.5) is 13.6 Å². The Kier molecular flexibility index (Phi) is 3.24. The number of hydrogen-bond acceptors (Lipinski definition) is 5. The van der Waals surface area contributed by atoms with Crippen LogP contribution in [0.25, 0.3) is 0 Å². The number of urea groups is 1. The van der Waals surface area contributed by atoms with Gasteiger partial charge in [0.1, 0.15) is 12.1 Å². The van der Waals surface area contributed by atoms with Gasteiger partial charge in [-0.1, -0.05) is 0 Å².